The molecule has 3 aliphatic rings. The Kier molecular flexibility index (Phi) is 7.39. The van der Waals surface area contributed by atoms with E-state index in [0.717, 1.165) is 24.0 Å². The number of hydrogen-bond acceptors (Lipinski definition) is 7. The lowest BCUT2D eigenvalue weighted by atomic mass is 9.83. The van der Waals surface area contributed by atoms with E-state index in [1.165, 1.54) is 25.3 Å². The summed E-state index contributed by atoms with van der Waals surface area (Å²) in [6.07, 6.45) is 7.55. The number of anilines is 1. The molecule has 2 aromatic rings. The zero-order valence-electron chi connectivity index (χ0n) is 21.9. The van der Waals surface area contributed by atoms with Crippen LogP contribution in [0.1, 0.15) is 74.8 Å². The summed E-state index contributed by atoms with van der Waals surface area (Å²) in [6, 6.07) is 10.8. The molecular weight excluding hydrogens is 507 g/mol. The number of nitrogens with zero attached hydrogens (tertiary/aromatic N) is 2. The number of alkyl halides is 1. The molecule has 10 heteroatoms. The van der Waals surface area contributed by atoms with E-state index in [4.69, 9.17) is 10.5 Å². The first-order valence-corrected chi connectivity index (χ1v) is 15.1. The Morgan fingerprint density at radius 1 is 1.13 bits per heavy atom. The van der Waals surface area contributed by atoms with E-state index < -0.39 is 33.7 Å². The van der Waals surface area contributed by atoms with Crippen LogP contribution in [0.15, 0.2) is 41.4 Å². The molecule has 5 rings (SSSR count). The van der Waals surface area contributed by atoms with E-state index >= 15 is 0 Å². The number of aromatic nitrogens is 1. The molecule has 0 radical (unpaired) electrons. The Bertz CT molecular complexity index is 1280. The van der Waals surface area contributed by atoms with Crippen molar-refractivity contribution in [3.05, 3.63) is 47.5 Å². The maximum atomic E-state index is 13.3. The number of carbonyl (C=O) groups is 1. The van der Waals surface area contributed by atoms with Gasteiger partial charge in [0.1, 0.15) is 18.2 Å². The average molecular weight is 545 g/mol. The fourth-order valence-electron chi connectivity index (χ4n) is 5.49. The van der Waals surface area contributed by atoms with Crippen LogP contribution in [0.25, 0.3) is 0 Å². The van der Waals surface area contributed by atoms with Crippen molar-refractivity contribution in [3.63, 3.8) is 0 Å². The Morgan fingerprint density at radius 3 is 2.50 bits per heavy atom. The Morgan fingerprint density at radius 2 is 1.84 bits per heavy atom. The Labute approximate surface area is 224 Å². The first-order valence-electron chi connectivity index (χ1n) is 13.6. The predicted octanol–water partition coefficient (Wildman–Crippen LogP) is 4.12. The number of sulfonamides is 1. The summed E-state index contributed by atoms with van der Waals surface area (Å²) in [7, 11) is -4.22. The lowest BCUT2D eigenvalue weighted by Crippen LogP contribution is -2.52. The van der Waals surface area contributed by atoms with Gasteiger partial charge in [0.05, 0.1) is 0 Å². The molecule has 206 valence electrons. The molecule has 0 unspecified atom stereocenters. The highest BCUT2D eigenvalue weighted by atomic mass is 32.2. The number of amides is 1. The van der Waals surface area contributed by atoms with Crippen LogP contribution in [0.2, 0.25) is 0 Å². The number of rotatable bonds is 8. The topological polar surface area (TPSA) is 115 Å². The Balaban J connectivity index is 1.30. The van der Waals surface area contributed by atoms with Gasteiger partial charge in [-0.05, 0) is 67.9 Å². The number of pyridine rings is 1. The molecule has 1 saturated heterocycles. The fraction of sp³-hybridized carbons (Fsp3) is 0.571. The number of hydrogen-bond donors (Lipinski definition) is 2. The monoisotopic (exact) mass is 544 g/mol. The summed E-state index contributed by atoms with van der Waals surface area (Å²) in [6.45, 7) is 2.33. The minimum absolute atomic E-state index is 0.243. The van der Waals surface area contributed by atoms with Crippen molar-refractivity contribution in [1.29, 1.82) is 0 Å². The smallest absolute Gasteiger partial charge is 0.281 e. The van der Waals surface area contributed by atoms with Crippen LogP contribution in [-0.4, -0.2) is 50.2 Å². The maximum absolute atomic E-state index is 13.3. The lowest BCUT2D eigenvalue weighted by Gasteiger charge is -2.38. The number of carbonyl (C=O) groups excluding carboxylic acids is 1. The standard InChI is InChI=1S/C28H37FN4O4S/c1-20-10-11-22(21-6-3-2-4-7-21)23(18-20)37-28(12-13-28)26(34)32-38(35,36)25-9-5-8-24(31-25)33-16-14-27(30,19-29)15-17-33/h5,8-11,18,21H,2-4,6-7,12-17,19,30H2,1H3,(H,32,34). The van der Waals surface area contributed by atoms with E-state index in [0.29, 0.717) is 56.3 Å². The molecule has 0 atom stereocenters. The van der Waals surface area contributed by atoms with Crippen LogP contribution in [0.5, 0.6) is 5.75 Å². The van der Waals surface area contributed by atoms with E-state index in [1.807, 2.05) is 17.9 Å². The molecule has 1 aromatic carbocycles. The second-order valence-electron chi connectivity index (χ2n) is 11.2. The summed E-state index contributed by atoms with van der Waals surface area (Å²) in [5.74, 6) is 0.847. The van der Waals surface area contributed by atoms with Gasteiger partial charge in [-0.1, -0.05) is 37.5 Å². The van der Waals surface area contributed by atoms with E-state index in [2.05, 4.69) is 21.8 Å². The normalized spacial score (nSPS) is 21.1. The maximum Gasteiger partial charge on any atom is 0.281 e. The van der Waals surface area contributed by atoms with Gasteiger partial charge in [0.25, 0.3) is 15.9 Å². The summed E-state index contributed by atoms with van der Waals surface area (Å²) >= 11 is 0. The van der Waals surface area contributed by atoms with Gasteiger partial charge < -0.3 is 15.4 Å². The molecule has 0 spiro atoms. The minimum Gasteiger partial charge on any atom is -0.477 e. The highest BCUT2D eigenvalue weighted by Crippen LogP contribution is 2.45. The van der Waals surface area contributed by atoms with Crippen LogP contribution in [0.4, 0.5) is 10.2 Å². The molecule has 2 aliphatic carbocycles. The SMILES string of the molecule is Cc1ccc(C2CCCCC2)c(OC2(C(=O)NS(=O)(=O)c3cccc(N4CCC(N)(CF)CC4)n3)CC2)c1. The lowest BCUT2D eigenvalue weighted by molar-refractivity contribution is -0.128. The highest BCUT2D eigenvalue weighted by Gasteiger charge is 2.54. The van der Waals surface area contributed by atoms with Crippen LogP contribution < -0.4 is 20.1 Å². The minimum atomic E-state index is -4.22. The van der Waals surface area contributed by atoms with Crippen LogP contribution in [-0.2, 0) is 14.8 Å². The third-order valence-electron chi connectivity index (χ3n) is 8.20. The van der Waals surface area contributed by atoms with Gasteiger partial charge in [-0.25, -0.2) is 14.1 Å². The molecule has 3 fully saturated rings. The third-order valence-corrected chi connectivity index (χ3v) is 9.43. The molecule has 2 saturated carbocycles. The van der Waals surface area contributed by atoms with Gasteiger partial charge in [0, 0.05) is 31.5 Å². The Hall–Kier alpha value is -2.72. The molecule has 0 bridgehead atoms. The van der Waals surface area contributed by atoms with Crippen LogP contribution >= 0.6 is 0 Å². The van der Waals surface area contributed by atoms with Gasteiger partial charge in [-0.15, -0.1) is 0 Å². The first-order chi connectivity index (χ1) is 18.1. The second kappa shape index (κ2) is 10.4. The van der Waals surface area contributed by atoms with Crippen molar-refractivity contribution < 1.29 is 22.3 Å². The number of nitrogens with one attached hydrogen (secondary N) is 1. The highest BCUT2D eigenvalue weighted by molar-refractivity contribution is 7.90. The number of halogens is 1. The first kappa shape index (κ1) is 26.9. The van der Waals surface area contributed by atoms with Crippen molar-refractivity contribution in [2.45, 2.75) is 86.8 Å². The summed E-state index contributed by atoms with van der Waals surface area (Å²) in [5, 5.41) is -0.243. The molecule has 2 heterocycles. The van der Waals surface area contributed by atoms with Gasteiger partial charge in [-0.2, -0.15) is 8.42 Å². The third kappa shape index (κ3) is 5.66. The molecule has 1 aromatic heterocycles. The van der Waals surface area contributed by atoms with Crippen molar-refractivity contribution in [2.75, 3.05) is 24.7 Å². The number of nitrogens with two attached hydrogens (primary N) is 1. The van der Waals surface area contributed by atoms with Crippen LogP contribution in [0, 0.1) is 6.92 Å². The zero-order chi connectivity index (χ0) is 27.0. The zero-order valence-corrected chi connectivity index (χ0v) is 22.7. The fourth-order valence-corrected chi connectivity index (χ4v) is 6.50. The number of ether oxygens (including phenoxy) is 1. The van der Waals surface area contributed by atoms with Crippen molar-refractivity contribution >= 4 is 21.7 Å². The van der Waals surface area contributed by atoms with Gasteiger partial charge >= 0.3 is 0 Å². The summed E-state index contributed by atoms with van der Waals surface area (Å²) in [4.78, 5) is 19.5. The van der Waals surface area contributed by atoms with Gasteiger partial charge in [0.2, 0.25) is 0 Å². The molecule has 3 N–H and O–H groups in total. The molecule has 1 aliphatic heterocycles. The molecule has 38 heavy (non-hydrogen) atoms. The average Bonchev–Trinajstić information content (AvgIpc) is 3.70. The summed E-state index contributed by atoms with van der Waals surface area (Å²) < 4.78 is 48.1. The number of benzene rings is 1. The second-order valence-corrected chi connectivity index (χ2v) is 12.9. The van der Waals surface area contributed by atoms with E-state index in [1.54, 1.807) is 12.1 Å². The van der Waals surface area contributed by atoms with Crippen molar-refractivity contribution in [2.24, 2.45) is 5.73 Å². The van der Waals surface area contributed by atoms with E-state index in [-0.39, 0.29) is 5.03 Å². The van der Waals surface area contributed by atoms with Crippen molar-refractivity contribution in [1.82, 2.24) is 9.71 Å². The summed E-state index contributed by atoms with van der Waals surface area (Å²) in [5.41, 5.74) is 6.12. The van der Waals surface area contributed by atoms with Crippen molar-refractivity contribution in [3.8, 4) is 5.75 Å². The largest absolute Gasteiger partial charge is 0.477 e. The van der Waals surface area contributed by atoms with E-state index in [9.17, 15) is 17.6 Å². The predicted molar refractivity (Wildman–Crippen MR) is 144 cm³/mol. The molecule has 1 amide bonds. The van der Waals surface area contributed by atoms with Crippen LogP contribution in [0.3, 0.4) is 0 Å². The van der Waals surface area contributed by atoms with Gasteiger partial charge in [0.15, 0.2) is 10.6 Å². The number of piperidine rings is 1. The quantitative estimate of drug-likeness (QED) is 0.514. The molecule has 8 nitrogen and oxygen atoms in total. The molecular formula is C28H37FN4O4S. The van der Waals surface area contributed by atoms with Gasteiger partial charge in [-0.3, -0.25) is 4.79 Å². The number of aryl methyl sites for hydroxylation is 1.